The number of hydrogen-bond acceptors (Lipinski definition) is 10. The number of nitrogens with one attached hydrogen (secondary N) is 2. The minimum Gasteiger partial charge on any atom is -0.394 e. The Morgan fingerprint density at radius 1 is 1.02 bits per heavy atom. The van der Waals surface area contributed by atoms with Crippen molar-refractivity contribution in [2.24, 2.45) is 0 Å². The molecule has 0 radical (unpaired) electrons. The van der Waals surface area contributed by atoms with E-state index in [-0.39, 0.29) is 10.6 Å². The standard InChI is InChI=1S/C28H27ClN6O6/c29-18-9-8-17(22(37)23(18)38)27(40)34-20-24(39)19(11-36)41-28(20)35-13-33-21-25(31-12-32-26(21)35)30-10-15-6-3-5-14-4-1-2-7-16(14)15/h1-9,12-13,19-20,22-24,28,36-39H,10-11H2,(H,34,40)(H,30,31,32)/t19-,20-,22?,23?,24-,28-/m1/s1. The van der Waals surface area contributed by atoms with Gasteiger partial charge in [-0.1, -0.05) is 54.1 Å². The van der Waals surface area contributed by atoms with E-state index >= 15 is 0 Å². The van der Waals surface area contributed by atoms with Crippen molar-refractivity contribution in [1.82, 2.24) is 24.8 Å². The van der Waals surface area contributed by atoms with Gasteiger partial charge in [0.15, 0.2) is 23.2 Å². The van der Waals surface area contributed by atoms with E-state index in [0.717, 1.165) is 16.3 Å². The number of carbonyl (C=O) groups excluding carboxylic acids is 1. The van der Waals surface area contributed by atoms with Gasteiger partial charge < -0.3 is 35.8 Å². The Kier molecular flexibility index (Phi) is 7.43. The maximum Gasteiger partial charge on any atom is 0.250 e. The van der Waals surface area contributed by atoms with Crippen molar-refractivity contribution in [3.63, 3.8) is 0 Å². The first-order chi connectivity index (χ1) is 19.9. The van der Waals surface area contributed by atoms with E-state index < -0.39 is 49.2 Å². The van der Waals surface area contributed by atoms with Gasteiger partial charge in [0.05, 0.1) is 12.9 Å². The number of fused-ring (bicyclic) bond motifs is 2. The molecule has 4 aromatic rings. The Morgan fingerprint density at radius 3 is 2.66 bits per heavy atom. The number of aliphatic hydroxyl groups is 4. The molecule has 1 fully saturated rings. The third-order valence-electron chi connectivity index (χ3n) is 7.39. The Morgan fingerprint density at radius 2 is 1.83 bits per heavy atom. The predicted octanol–water partition coefficient (Wildman–Crippen LogP) is 1.11. The van der Waals surface area contributed by atoms with Crippen molar-refractivity contribution in [3.05, 3.63) is 83.4 Å². The molecule has 1 saturated heterocycles. The highest BCUT2D eigenvalue weighted by Gasteiger charge is 2.46. The number of imidazole rings is 1. The van der Waals surface area contributed by atoms with E-state index in [2.05, 4.69) is 31.7 Å². The van der Waals surface area contributed by atoms with E-state index in [1.54, 1.807) is 4.57 Å². The van der Waals surface area contributed by atoms with E-state index in [0.29, 0.717) is 23.5 Å². The Hall–Kier alpha value is -3.91. The average molecular weight is 579 g/mol. The Balaban J connectivity index is 1.28. The average Bonchev–Trinajstić information content (AvgIpc) is 3.55. The first kappa shape index (κ1) is 27.3. The van der Waals surface area contributed by atoms with Gasteiger partial charge in [-0.25, -0.2) is 15.0 Å². The zero-order valence-corrected chi connectivity index (χ0v) is 22.3. The molecule has 13 heteroatoms. The Bertz CT molecular complexity index is 1670. The van der Waals surface area contributed by atoms with Gasteiger partial charge in [0, 0.05) is 17.2 Å². The molecule has 6 N–H and O–H groups in total. The highest BCUT2D eigenvalue weighted by atomic mass is 35.5. The summed E-state index contributed by atoms with van der Waals surface area (Å²) in [4.78, 5) is 26.3. The number of rotatable bonds is 7. The molecule has 41 heavy (non-hydrogen) atoms. The third-order valence-corrected chi connectivity index (χ3v) is 7.74. The SMILES string of the molecule is O=C(N[C@@H]1[C@H](O)[C@@H](CO)O[C@H]1n1cnc2c(NCc3cccc4ccccc34)ncnc21)C1=CC=C(Cl)C(O)C1O. The number of carbonyl (C=O) groups is 1. The van der Waals surface area contributed by atoms with Crippen LogP contribution in [0.15, 0.2) is 77.9 Å². The molecule has 1 amide bonds. The molecule has 0 spiro atoms. The Labute approximate surface area is 238 Å². The van der Waals surface area contributed by atoms with Crippen molar-refractivity contribution < 1.29 is 30.0 Å². The number of nitrogens with zero attached hydrogens (tertiary/aromatic N) is 4. The van der Waals surface area contributed by atoms with Crippen LogP contribution in [0.25, 0.3) is 21.9 Å². The van der Waals surface area contributed by atoms with Gasteiger partial charge in [-0.3, -0.25) is 9.36 Å². The van der Waals surface area contributed by atoms with E-state index in [1.165, 1.54) is 24.8 Å². The summed E-state index contributed by atoms with van der Waals surface area (Å²) in [5, 5.41) is 49.3. The third kappa shape index (κ3) is 4.95. The van der Waals surface area contributed by atoms with E-state index in [4.69, 9.17) is 16.3 Å². The number of halogens is 1. The quantitative estimate of drug-likeness (QED) is 0.186. The summed E-state index contributed by atoms with van der Waals surface area (Å²) in [5.41, 5.74) is 1.75. The summed E-state index contributed by atoms with van der Waals surface area (Å²) >= 11 is 5.86. The lowest BCUT2D eigenvalue weighted by Gasteiger charge is -2.27. The van der Waals surface area contributed by atoms with Gasteiger partial charge in [-0.15, -0.1) is 0 Å². The molecule has 0 bridgehead atoms. The smallest absolute Gasteiger partial charge is 0.250 e. The lowest BCUT2D eigenvalue weighted by Crippen LogP contribution is -2.49. The van der Waals surface area contributed by atoms with Crippen LogP contribution in [0.5, 0.6) is 0 Å². The number of hydrogen-bond donors (Lipinski definition) is 6. The molecule has 212 valence electrons. The lowest BCUT2D eigenvalue weighted by atomic mass is 9.97. The second-order valence-electron chi connectivity index (χ2n) is 9.84. The van der Waals surface area contributed by atoms with Crippen molar-refractivity contribution in [2.75, 3.05) is 11.9 Å². The van der Waals surface area contributed by atoms with E-state index in [9.17, 15) is 25.2 Å². The van der Waals surface area contributed by atoms with Gasteiger partial charge >= 0.3 is 0 Å². The van der Waals surface area contributed by atoms with Gasteiger partial charge in [0.2, 0.25) is 5.91 Å². The van der Waals surface area contributed by atoms with Crippen LogP contribution in [0.3, 0.4) is 0 Å². The first-order valence-electron chi connectivity index (χ1n) is 12.9. The molecule has 6 atom stereocenters. The fourth-order valence-electron chi connectivity index (χ4n) is 5.22. The summed E-state index contributed by atoms with van der Waals surface area (Å²) in [7, 11) is 0. The molecule has 12 nitrogen and oxygen atoms in total. The van der Waals surface area contributed by atoms with Crippen LogP contribution in [0.1, 0.15) is 11.8 Å². The molecule has 1 aliphatic carbocycles. The lowest BCUT2D eigenvalue weighted by molar-refractivity contribution is -0.121. The minimum atomic E-state index is -1.56. The van der Waals surface area contributed by atoms with Crippen LogP contribution in [-0.2, 0) is 16.1 Å². The number of ether oxygens (including phenoxy) is 1. The molecule has 3 heterocycles. The largest absolute Gasteiger partial charge is 0.394 e. The minimum absolute atomic E-state index is 0.00839. The normalized spacial score (nSPS) is 26.2. The van der Waals surface area contributed by atoms with Gasteiger partial charge in [-0.2, -0.15) is 0 Å². The number of anilines is 1. The number of benzene rings is 2. The van der Waals surface area contributed by atoms with Crippen LogP contribution in [0.2, 0.25) is 0 Å². The zero-order valence-electron chi connectivity index (χ0n) is 21.5. The summed E-state index contributed by atoms with van der Waals surface area (Å²) in [6, 6.07) is 13.1. The highest BCUT2D eigenvalue weighted by molar-refractivity contribution is 6.30. The van der Waals surface area contributed by atoms with E-state index in [1.807, 2.05) is 36.4 Å². The van der Waals surface area contributed by atoms with Crippen LogP contribution >= 0.6 is 11.6 Å². The molecule has 2 unspecified atom stereocenters. The van der Waals surface area contributed by atoms with Crippen LogP contribution in [-0.4, -0.2) is 82.9 Å². The topological polar surface area (TPSA) is 175 Å². The zero-order chi connectivity index (χ0) is 28.7. The number of aliphatic hydroxyl groups excluding tert-OH is 4. The molecule has 2 aliphatic rings. The summed E-state index contributed by atoms with van der Waals surface area (Å²) in [6.07, 6.45) is -0.906. The van der Waals surface area contributed by atoms with Gasteiger partial charge in [0.1, 0.15) is 36.8 Å². The fraction of sp³-hybridized carbons (Fsp3) is 0.286. The second kappa shape index (κ2) is 11.2. The van der Waals surface area contributed by atoms with Crippen molar-refractivity contribution in [2.45, 2.75) is 43.2 Å². The van der Waals surface area contributed by atoms with Crippen LogP contribution < -0.4 is 10.6 Å². The van der Waals surface area contributed by atoms with Crippen molar-refractivity contribution in [3.8, 4) is 0 Å². The molecule has 2 aromatic carbocycles. The van der Waals surface area contributed by atoms with Gasteiger partial charge in [0.25, 0.3) is 0 Å². The molecular weight excluding hydrogens is 552 g/mol. The van der Waals surface area contributed by atoms with Crippen molar-refractivity contribution in [1.29, 1.82) is 0 Å². The second-order valence-corrected chi connectivity index (χ2v) is 10.3. The maximum atomic E-state index is 13.1. The summed E-state index contributed by atoms with van der Waals surface area (Å²) in [5.74, 6) is -0.266. The maximum absolute atomic E-state index is 13.1. The molecule has 2 aromatic heterocycles. The summed E-state index contributed by atoms with van der Waals surface area (Å²) in [6.45, 7) is -0.0299. The molecule has 0 saturated carbocycles. The predicted molar refractivity (Wildman–Crippen MR) is 150 cm³/mol. The van der Waals surface area contributed by atoms with Crippen molar-refractivity contribution >= 4 is 45.3 Å². The monoisotopic (exact) mass is 578 g/mol. The first-order valence-corrected chi connectivity index (χ1v) is 13.3. The summed E-state index contributed by atoms with van der Waals surface area (Å²) < 4.78 is 7.46. The highest BCUT2D eigenvalue weighted by Crippen LogP contribution is 2.33. The van der Waals surface area contributed by atoms with Gasteiger partial charge in [-0.05, 0) is 28.5 Å². The number of amides is 1. The number of aromatic nitrogens is 4. The molecule has 6 rings (SSSR count). The van der Waals surface area contributed by atoms with Crippen LogP contribution in [0, 0.1) is 0 Å². The van der Waals surface area contributed by atoms with Crippen LogP contribution in [0.4, 0.5) is 5.82 Å². The molecular formula is C28H27ClN6O6. The number of allylic oxidation sites excluding steroid dienone is 2. The molecule has 1 aliphatic heterocycles. The fourth-order valence-corrected chi connectivity index (χ4v) is 5.40.